The number of nitrogens with two attached hydrogens (primary N) is 1. The molecular formula is C11H15N. The third kappa shape index (κ3) is 0.896. The van der Waals surface area contributed by atoms with E-state index in [0.717, 1.165) is 0 Å². The molecule has 1 aromatic carbocycles. The monoisotopic (exact) mass is 161 g/mol. The fraction of sp³-hybridized carbons (Fsp3) is 0.455. The highest BCUT2D eigenvalue weighted by molar-refractivity contribution is 5.38. The van der Waals surface area contributed by atoms with Crippen LogP contribution in [0, 0.1) is 5.92 Å². The zero-order valence-corrected chi connectivity index (χ0v) is 7.62. The van der Waals surface area contributed by atoms with Crippen LogP contribution in [-0.4, -0.2) is 0 Å². The number of hydrogen-bond donors (Lipinski definition) is 1. The molecule has 0 aromatic heterocycles. The van der Waals surface area contributed by atoms with Gasteiger partial charge in [-0.05, 0) is 23.0 Å². The largest absolute Gasteiger partial charge is 0.324 e. The maximum absolute atomic E-state index is 6.08. The first-order valence-corrected chi connectivity index (χ1v) is 4.56. The Bertz CT molecular complexity index is 264. The highest BCUT2D eigenvalue weighted by atomic mass is 14.7. The predicted molar refractivity (Wildman–Crippen MR) is 50.9 cm³/mol. The van der Waals surface area contributed by atoms with Gasteiger partial charge in [-0.25, -0.2) is 0 Å². The second-order valence-corrected chi connectivity index (χ2v) is 3.80. The van der Waals surface area contributed by atoms with Crippen LogP contribution in [0.2, 0.25) is 0 Å². The Morgan fingerprint density at radius 3 is 2.25 bits per heavy atom. The van der Waals surface area contributed by atoms with Crippen LogP contribution in [0.4, 0.5) is 0 Å². The Hall–Kier alpha value is -0.820. The van der Waals surface area contributed by atoms with E-state index in [9.17, 15) is 0 Å². The molecule has 1 heteroatoms. The van der Waals surface area contributed by atoms with Gasteiger partial charge in [0.25, 0.3) is 0 Å². The van der Waals surface area contributed by atoms with Crippen molar-refractivity contribution in [2.45, 2.75) is 25.8 Å². The summed E-state index contributed by atoms with van der Waals surface area (Å²) in [7, 11) is 0. The minimum Gasteiger partial charge on any atom is -0.324 e. The number of fused-ring (bicyclic) bond motifs is 1. The molecule has 0 heterocycles. The molecule has 3 unspecified atom stereocenters. The van der Waals surface area contributed by atoms with Crippen LogP contribution in [0.1, 0.15) is 36.9 Å². The summed E-state index contributed by atoms with van der Waals surface area (Å²) in [6.45, 7) is 4.49. The van der Waals surface area contributed by atoms with Crippen molar-refractivity contribution in [2.24, 2.45) is 11.7 Å². The summed E-state index contributed by atoms with van der Waals surface area (Å²) < 4.78 is 0. The fourth-order valence-electron chi connectivity index (χ4n) is 2.11. The standard InChI is InChI=1S/C11H15N/c1-7-8(2)11(12)10-6-4-3-5-9(7)10/h3-8,11H,12H2,1-2H3. The summed E-state index contributed by atoms with van der Waals surface area (Å²) >= 11 is 0. The molecule has 0 radical (unpaired) electrons. The molecule has 0 fully saturated rings. The first-order chi connectivity index (χ1) is 5.72. The second kappa shape index (κ2) is 2.60. The van der Waals surface area contributed by atoms with Crippen LogP contribution in [0.5, 0.6) is 0 Å². The maximum atomic E-state index is 6.08. The average Bonchev–Trinajstić information content (AvgIpc) is 2.33. The first kappa shape index (κ1) is 7.81. The number of hydrogen-bond acceptors (Lipinski definition) is 1. The minimum atomic E-state index is 0.246. The van der Waals surface area contributed by atoms with Crippen molar-refractivity contribution in [2.75, 3.05) is 0 Å². The topological polar surface area (TPSA) is 26.0 Å². The molecule has 1 aromatic rings. The van der Waals surface area contributed by atoms with Gasteiger partial charge in [0, 0.05) is 6.04 Å². The van der Waals surface area contributed by atoms with Gasteiger partial charge in [0.2, 0.25) is 0 Å². The second-order valence-electron chi connectivity index (χ2n) is 3.80. The van der Waals surface area contributed by atoms with Gasteiger partial charge in [0.05, 0.1) is 0 Å². The maximum Gasteiger partial charge on any atom is 0.0329 e. The van der Waals surface area contributed by atoms with E-state index in [2.05, 4.69) is 38.1 Å². The lowest BCUT2D eigenvalue weighted by Gasteiger charge is -2.13. The highest BCUT2D eigenvalue weighted by Crippen LogP contribution is 2.42. The highest BCUT2D eigenvalue weighted by Gasteiger charge is 2.31. The molecule has 0 aliphatic heterocycles. The molecule has 3 atom stereocenters. The molecule has 2 N–H and O–H groups in total. The lowest BCUT2D eigenvalue weighted by atomic mass is 9.95. The van der Waals surface area contributed by atoms with Crippen molar-refractivity contribution < 1.29 is 0 Å². The van der Waals surface area contributed by atoms with Gasteiger partial charge in [0.1, 0.15) is 0 Å². The zero-order chi connectivity index (χ0) is 8.72. The lowest BCUT2D eigenvalue weighted by molar-refractivity contribution is 0.451. The van der Waals surface area contributed by atoms with E-state index < -0.39 is 0 Å². The minimum absolute atomic E-state index is 0.246. The lowest BCUT2D eigenvalue weighted by Crippen LogP contribution is -2.14. The third-order valence-corrected chi connectivity index (χ3v) is 3.20. The Balaban J connectivity index is 2.52. The van der Waals surface area contributed by atoms with Crippen LogP contribution < -0.4 is 5.73 Å². The number of rotatable bonds is 0. The third-order valence-electron chi connectivity index (χ3n) is 3.20. The Labute approximate surface area is 73.6 Å². The van der Waals surface area contributed by atoms with Crippen LogP contribution >= 0.6 is 0 Å². The van der Waals surface area contributed by atoms with E-state index in [0.29, 0.717) is 11.8 Å². The summed E-state index contributed by atoms with van der Waals surface area (Å²) in [5.41, 5.74) is 8.87. The van der Waals surface area contributed by atoms with Gasteiger partial charge in [-0.1, -0.05) is 38.1 Å². The Morgan fingerprint density at radius 2 is 1.67 bits per heavy atom. The van der Waals surface area contributed by atoms with E-state index in [1.807, 2.05) is 0 Å². The van der Waals surface area contributed by atoms with Crippen LogP contribution in [0.25, 0.3) is 0 Å². The fourth-order valence-corrected chi connectivity index (χ4v) is 2.11. The summed E-state index contributed by atoms with van der Waals surface area (Å²) in [5.74, 6) is 1.21. The molecular weight excluding hydrogens is 146 g/mol. The van der Waals surface area contributed by atoms with Gasteiger partial charge in [-0.3, -0.25) is 0 Å². The van der Waals surface area contributed by atoms with Crippen molar-refractivity contribution in [1.82, 2.24) is 0 Å². The first-order valence-electron chi connectivity index (χ1n) is 4.56. The van der Waals surface area contributed by atoms with Crippen molar-refractivity contribution in [1.29, 1.82) is 0 Å². The van der Waals surface area contributed by atoms with Crippen LogP contribution in [0.15, 0.2) is 24.3 Å². The molecule has 64 valence electrons. The van der Waals surface area contributed by atoms with E-state index in [1.54, 1.807) is 0 Å². The van der Waals surface area contributed by atoms with E-state index in [4.69, 9.17) is 5.73 Å². The van der Waals surface area contributed by atoms with Gasteiger partial charge in [0.15, 0.2) is 0 Å². The molecule has 2 rings (SSSR count). The van der Waals surface area contributed by atoms with Crippen molar-refractivity contribution >= 4 is 0 Å². The Morgan fingerprint density at radius 1 is 1.08 bits per heavy atom. The molecule has 1 aliphatic carbocycles. The molecule has 1 nitrogen and oxygen atoms in total. The average molecular weight is 161 g/mol. The Kier molecular flexibility index (Phi) is 1.69. The number of benzene rings is 1. The zero-order valence-electron chi connectivity index (χ0n) is 7.62. The summed E-state index contributed by atoms with van der Waals surface area (Å²) in [6, 6.07) is 8.77. The molecule has 0 saturated carbocycles. The molecule has 0 spiro atoms. The van der Waals surface area contributed by atoms with Crippen molar-refractivity contribution in [3.63, 3.8) is 0 Å². The van der Waals surface area contributed by atoms with Crippen molar-refractivity contribution in [3.8, 4) is 0 Å². The quantitative estimate of drug-likeness (QED) is 0.621. The smallest absolute Gasteiger partial charge is 0.0329 e. The van der Waals surface area contributed by atoms with Gasteiger partial charge in [-0.2, -0.15) is 0 Å². The van der Waals surface area contributed by atoms with Gasteiger partial charge in [-0.15, -0.1) is 0 Å². The summed E-state index contributed by atoms with van der Waals surface area (Å²) in [6.07, 6.45) is 0. The van der Waals surface area contributed by atoms with Gasteiger partial charge >= 0.3 is 0 Å². The van der Waals surface area contributed by atoms with Gasteiger partial charge < -0.3 is 5.73 Å². The molecule has 1 aliphatic rings. The summed E-state index contributed by atoms with van der Waals surface area (Å²) in [4.78, 5) is 0. The van der Waals surface area contributed by atoms with E-state index in [-0.39, 0.29) is 6.04 Å². The molecule has 0 amide bonds. The van der Waals surface area contributed by atoms with E-state index >= 15 is 0 Å². The predicted octanol–water partition coefficient (Wildman–Crippen LogP) is 2.44. The van der Waals surface area contributed by atoms with E-state index in [1.165, 1.54) is 11.1 Å². The molecule has 12 heavy (non-hydrogen) atoms. The summed E-state index contributed by atoms with van der Waals surface area (Å²) in [5, 5.41) is 0. The normalized spacial score (nSPS) is 33.4. The SMILES string of the molecule is CC1c2ccccc2C(N)C1C. The molecule has 0 bridgehead atoms. The van der Waals surface area contributed by atoms with Crippen molar-refractivity contribution in [3.05, 3.63) is 35.4 Å². The molecule has 0 saturated heterocycles. The van der Waals surface area contributed by atoms with Crippen LogP contribution in [-0.2, 0) is 0 Å². The van der Waals surface area contributed by atoms with Crippen LogP contribution in [0.3, 0.4) is 0 Å².